The van der Waals surface area contributed by atoms with Gasteiger partial charge in [-0.05, 0) is 40.3 Å². The van der Waals surface area contributed by atoms with E-state index >= 15 is 0 Å². The van der Waals surface area contributed by atoms with E-state index in [2.05, 4.69) is 49.6 Å². The van der Waals surface area contributed by atoms with Crippen LogP contribution in [0.3, 0.4) is 0 Å². The molecule has 0 spiro atoms. The monoisotopic (exact) mass is 352 g/mol. The topological polar surface area (TPSA) is 50.1 Å². The molecule has 134 valence electrons. The average Bonchev–Trinajstić information content (AvgIpc) is 3.11. The molecular weight excluding hydrogens is 331 g/mol. The number of halogens is 1. The molecule has 1 aliphatic rings. The van der Waals surface area contributed by atoms with Gasteiger partial charge in [0.25, 0.3) is 0 Å². The molecule has 0 amide bonds. The molecule has 26 heavy (non-hydrogen) atoms. The fraction of sp³-hybridized carbons (Fsp3) is 0.316. The molecule has 0 unspecified atom stereocenters. The highest BCUT2D eigenvalue weighted by Crippen LogP contribution is 2.16. The van der Waals surface area contributed by atoms with Crippen LogP contribution >= 0.6 is 0 Å². The lowest BCUT2D eigenvalue weighted by Crippen LogP contribution is -2.46. The van der Waals surface area contributed by atoms with Crippen molar-refractivity contribution in [2.75, 3.05) is 31.1 Å². The Bertz CT molecular complexity index is 825. The summed E-state index contributed by atoms with van der Waals surface area (Å²) in [5.74, 6) is 0.601. The minimum atomic E-state index is -0.234. The van der Waals surface area contributed by atoms with Crippen molar-refractivity contribution in [3.8, 4) is 0 Å². The summed E-state index contributed by atoms with van der Waals surface area (Å²) in [7, 11) is 0. The summed E-state index contributed by atoms with van der Waals surface area (Å²) in [6, 6.07) is 16.9. The van der Waals surface area contributed by atoms with Crippen LogP contribution in [0.15, 0.2) is 54.6 Å². The van der Waals surface area contributed by atoms with Gasteiger partial charge in [0, 0.05) is 31.9 Å². The van der Waals surface area contributed by atoms with E-state index < -0.39 is 0 Å². The molecule has 4 rings (SSSR count). The van der Waals surface area contributed by atoms with Crippen LogP contribution in [0.4, 0.5) is 10.1 Å². The van der Waals surface area contributed by atoms with Gasteiger partial charge in [-0.15, -0.1) is 5.10 Å². The minimum Gasteiger partial charge on any atom is -0.369 e. The number of para-hydroxylation sites is 1. The van der Waals surface area contributed by atoms with Crippen LogP contribution in [-0.2, 0) is 13.1 Å². The Morgan fingerprint density at radius 1 is 0.846 bits per heavy atom. The van der Waals surface area contributed by atoms with E-state index in [0.29, 0.717) is 6.54 Å². The number of hydrogen-bond acceptors (Lipinski definition) is 5. The van der Waals surface area contributed by atoms with Gasteiger partial charge in [-0.3, -0.25) is 4.90 Å². The van der Waals surface area contributed by atoms with E-state index in [9.17, 15) is 4.39 Å². The first-order valence-electron chi connectivity index (χ1n) is 8.80. The number of nitrogens with zero attached hydrogens (tertiary/aromatic N) is 6. The highest BCUT2D eigenvalue weighted by atomic mass is 19.1. The molecule has 1 saturated heterocycles. The zero-order valence-corrected chi connectivity index (χ0v) is 14.5. The lowest BCUT2D eigenvalue weighted by Gasteiger charge is -2.35. The van der Waals surface area contributed by atoms with Gasteiger partial charge >= 0.3 is 0 Å². The summed E-state index contributed by atoms with van der Waals surface area (Å²) in [4.78, 5) is 4.77. The van der Waals surface area contributed by atoms with Crippen molar-refractivity contribution >= 4 is 5.69 Å². The van der Waals surface area contributed by atoms with Crippen molar-refractivity contribution in [2.24, 2.45) is 0 Å². The molecule has 0 N–H and O–H groups in total. The molecule has 7 heteroatoms. The van der Waals surface area contributed by atoms with Gasteiger partial charge in [-0.1, -0.05) is 30.3 Å². The van der Waals surface area contributed by atoms with Gasteiger partial charge in [-0.25, -0.2) is 9.07 Å². The predicted octanol–water partition coefficient (Wildman–Crippen LogP) is 2.18. The number of aromatic nitrogens is 4. The van der Waals surface area contributed by atoms with E-state index in [4.69, 9.17) is 0 Å². The van der Waals surface area contributed by atoms with Crippen molar-refractivity contribution in [3.63, 3.8) is 0 Å². The third-order valence-electron chi connectivity index (χ3n) is 4.71. The van der Waals surface area contributed by atoms with Crippen LogP contribution in [0.2, 0.25) is 0 Å². The average molecular weight is 352 g/mol. The zero-order chi connectivity index (χ0) is 17.8. The molecule has 6 nitrogen and oxygen atoms in total. The maximum atomic E-state index is 13.1. The standard InChI is InChI=1S/C19H21FN6/c20-17-8-6-16(7-9-17)14-26-19(21-22-23-26)15-24-10-12-25(13-11-24)18-4-2-1-3-5-18/h1-9H,10-15H2. The van der Waals surface area contributed by atoms with Crippen molar-refractivity contribution in [1.29, 1.82) is 0 Å². The highest BCUT2D eigenvalue weighted by molar-refractivity contribution is 5.46. The first kappa shape index (κ1) is 16.7. The zero-order valence-electron chi connectivity index (χ0n) is 14.5. The molecule has 1 fully saturated rings. The van der Waals surface area contributed by atoms with Crippen LogP contribution in [0.5, 0.6) is 0 Å². The van der Waals surface area contributed by atoms with E-state index in [1.165, 1.54) is 17.8 Å². The summed E-state index contributed by atoms with van der Waals surface area (Å²) in [5, 5.41) is 12.1. The Kier molecular flexibility index (Phi) is 4.88. The summed E-state index contributed by atoms with van der Waals surface area (Å²) in [6.07, 6.45) is 0. The lowest BCUT2D eigenvalue weighted by atomic mass is 10.2. The number of hydrogen-bond donors (Lipinski definition) is 0. The first-order valence-corrected chi connectivity index (χ1v) is 8.80. The van der Waals surface area contributed by atoms with Crippen molar-refractivity contribution < 1.29 is 4.39 Å². The fourth-order valence-corrected chi connectivity index (χ4v) is 3.23. The van der Waals surface area contributed by atoms with E-state index in [1.54, 1.807) is 16.8 Å². The molecule has 1 aliphatic heterocycles. The maximum absolute atomic E-state index is 13.1. The molecule has 0 radical (unpaired) electrons. The molecule has 0 saturated carbocycles. The number of anilines is 1. The molecular formula is C19H21FN6. The Balaban J connectivity index is 1.36. The predicted molar refractivity (Wildman–Crippen MR) is 97.3 cm³/mol. The number of rotatable bonds is 5. The molecule has 0 aliphatic carbocycles. The molecule has 2 aromatic carbocycles. The SMILES string of the molecule is Fc1ccc(Cn2nnnc2CN2CCN(c3ccccc3)CC2)cc1. The third-order valence-corrected chi connectivity index (χ3v) is 4.71. The van der Waals surface area contributed by atoms with Gasteiger partial charge in [-0.2, -0.15) is 0 Å². The van der Waals surface area contributed by atoms with E-state index in [-0.39, 0.29) is 5.82 Å². The second-order valence-corrected chi connectivity index (χ2v) is 6.48. The smallest absolute Gasteiger partial charge is 0.165 e. The van der Waals surface area contributed by atoms with Crippen LogP contribution < -0.4 is 4.90 Å². The summed E-state index contributed by atoms with van der Waals surface area (Å²) in [5.41, 5.74) is 2.25. The van der Waals surface area contributed by atoms with Gasteiger partial charge in [0.2, 0.25) is 0 Å². The van der Waals surface area contributed by atoms with Crippen molar-refractivity contribution in [3.05, 3.63) is 71.8 Å². The number of piperazine rings is 1. The van der Waals surface area contributed by atoms with Crippen LogP contribution in [0, 0.1) is 5.82 Å². The first-order chi connectivity index (χ1) is 12.8. The van der Waals surface area contributed by atoms with E-state index in [0.717, 1.165) is 44.1 Å². The van der Waals surface area contributed by atoms with Gasteiger partial charge in [0.1, 0.15) is 5.82 Å². The molecule has 3 aromatic rings. The molecule has 2 heterocycles. The van der Waals surface area contributed by atoms with Gasteiger partial charge in [0.15, 0.2) is 5.82 Å². The maximum Gasteiger partial charge on any atom is 0.165 e. The second-order valence-electron chi connectivity index (χ2n) is 6.48. The Labute approximate surface area is 151 Å². The van der Waals surface area contributed by atoms with Crippen molar-refractivity contribution in [1.82, 2.24) is 25.1 Å². The highest BCUT2D eigenvalue weighted by Gasteiger charge is 2.19. The van der Waals surface area contributed by atoms with Gasteiger partial charge < -0.3 is 4.90 Å². The summed E-state index contributed by atoms with van der Waals surface area (Å²) in [6.45, 7) is 5.19. The lowest BCUT2D eigenvalue weighted by molar-refractivity contribution is 0.240. The molecule has 0 bridgehead atoms. The van der Waals surface area contributed by atoms with Crippen LogP contribution in [-0.4, -0.2) is 51.3 Å². The minimum absolute atomic E-state index is 0.234. The van der Waals surface area contributed by atoms with E-state index in [1.807, 2.05) is 6.07 Å². The van der Waals surface area contributed by atoms with Gasteiger partial charge in [0.05, 0.1) is 13.1 Å². The summed E-state index contributed by atoms with van der Waals surface area (Å²) < 4.78 is 14.8. The molecule has 0 atom stereocenters. The Hall–Kier alpha value is -2.80. The normalized spacial score (nSPS) is 15.3. The third kappa shape index (κ3) is 3.88. The summed E-state index contributed by atoms with van der Waals surface area (Å²) >= 11 is 0. The number of tetrazole rings is 1. The fourth-order valence-electron chi connectivity index (χ4n) is 3.23. The molecule has 1 aromatic heterocycles. The Morgan fingerprint density at radius 2 is 1.58 bits per heavy atom. The quantitative estimate of drug-likeness (QED) is 0.704. The van der Waals surface area contributed by atoms with Crippen LogP contribution in [0.1, 0.15) is 11.4 Å². The van der Waals surface area contributed by atoms with Crippen LogP contribution in [0.25, 0.3) is 0 Å². The number of benzene rings is 2. The Morgan fingerprint density at radius 3 is 2.31 bits per heavy atom. The van der Waals surface area contributed by atoms with Crippen molar-refractivity contribution in [2.45, 2.75) is 13.1 Å². The largest absolute Gasteiger partial charge is 0.369 e. The second kappa shape index (κ2) is 7.61.